The van der Waals surface area contributed by atoms with Gasteiger partial charge in [0.1, 0.15) is 11.8 Å². The molecular weight excluding hydrogens is 218 g/mol. The number of carbonyl (C=O) groups is 1. The van der Waals surface area contributed by atoms with Gasteiger partial charge in [-0.1, -0.05) is 12.1 Å². The lowest BCUT2D eigenvalue weighted by molar-refractivity contribution is -0.889. The molecule has 0 saturated carbocycles. The molecule has 4 nitrogen and oxygen atoms in total. The Morgan fingerprint density at radius 3 is 2.24 bits per heavy atom. The molecular formula is C13H19NO3. The van der Waals surface area contributed by atoms with E-state index in [1.165, 1.54) is 0 Å². The number of benzene rings is 1. The van der Waals surface area contributed by atoms with Gasteiger partial charge in [0.15, 0.2) is 0 Å². The summed E-state index contributed by atoms with van der Waals surface area (Å²) in [6.45, 7) is 0. The number of aromatic hydroxyl groups is 1. The Balaban J connectivity index is 2.65. The number of rotatable bonds is 5. The number of quaternary nitrogens is 1. The average Bonchev–Trinajstić information content (AvgIpc) is 2.18. The van der Waals surface area contributed by atoms with Crippen molar-refractivity contribution in [1.29, 1.82) is 0 Å². The number of aliphatic carboxylic acids is 1. The predicted octanol–water partition coefficient (Wildman–Crippen LogP) is 0.149. The number of phenolic OH excluding ortho intramolecular Hbond substituents is 1. The molecule has 1 rings (SSSR count). The van der Waals surface area contributed by atoms with Crippen LogP contribution in [-0.4, -0.2) is 42.7 Å². The zero-order valence-corrected chi connectivity index (χ0v) is 10.5. The number of phenols is 1. The molecule has 0 aliphatic carbocycles. The highest BCUT2D eigenvalue weighted by atomic mass is 16.4. The van der Waals surface area contributed by atoms with Crippen molar-refractivity contribution in [3.63, 3.8) is 0 Å². The van der Waals surface area contributed by atoms with Crippen molar-refractivity contribution in [2.75, 3.05) is 21.1 Å². The molecule has 0 amide bonds. The fourth-order valence-electron chi connectivity index (χ4n) is 1.79. The van der Waals surface area contributed by atoms with E-state index < -0.39 is 12.0 Å². The minimum absolute atomic E-state index is 0.219. The van der Waals surface area contributed by atoms with Crippen molar-refractivity contribution in [2.24, 2.45) is 0 Å². The van der Waals surface area contributed by atoms with Crippen molar-refractivity contribution in [2.45, 2.75) is 18.9 Å². The summed E-state index contributed by atoms with van der Waals surface area (Å²) in [5, 5.41) is 20.2. The molecule has 1 aromatic rings. The van der Waals surface area contributed by atoms with Gasteiger partial charge < -0.3 is 19.5 Å². The number of hydrogen-bond acceptors (Lipinski definition) is 3. The molecule has 94 valence electrons. The number of carboxylic acids is 1. The molecule has 0 radical (unpaired) electrons. The van der Waals surface area contributed by atoms with Gasteiger partial charge in [-0.3, -0.25) is 0 Å². The van der Waals surface area contributed by atoms with E-state index in [4.69, 9.17) is 5.11 Å². The number of likely N-dealkylation sites (N-methyl/N-ethyl adjacent to an activating group) is 1. The van der Waals surface area contributed by atoms with E-state index in [-0.39, 0.29) is 5.75 Å². The van der Waals surface area contributed by atoms with Gasteiger partial charge in [0.25, 0.3) is 0 Å². The SMILES string of the molecule is C[N+](C)(C)C(CCc1ccc(O)cc1)C(=O)[O-]. The lowest BCUT2D eigenvalue weighted by Crippen LogP contribution is -2.54. The van der Waals surface area contributed by atoms with Crippen LogP contribution in [0.2, 0.25) is 0 Å². The second-order valence-corrected chi connectivity index (χ2v) is 5.16. The Labute approximate surface area is 102 Å². The largest absolute Gasteiger partial charge is 0.544 e. The molecule has 0 saturated heterocycles. The summed E-state index contributed by atoms with van der Waals surface area (Å²) in [5.74, 6) is -0.798. The normalized spacial score (nSPS) is 13.4. The average molecular weight is 237 g/mol. The van der Waals surface area contributed by atoms with E-state index in [0.29, 0.717) is 17.3 Å². The van der Waals surface area contributed by atoms with Crippen LogP contribution in [0, 0.1) is 0 Å². The van der Waals surface area contributed by atoms with Crippen LogP contribution in [0.15, 0.2) is 24.3 Å². The second-order valence-electron chi connectivity index (χ2n) is 5.16. The third kappa shape index (κ3) is 4.07. The van der Waals surface area contributed by atoms with E-state index in [0.717, 1.165) is 5.56 Å². The van der Waals surface area contributed by atoms with Crippen LogP contribution in [0.1, 0.15) is 12.0 Å². The van der Waals surface area contributed by atoms with E-state index >= 15 is 0 Å². The topological polar surface area (TPSA) is 60.4 Å². The lowest BCUT2D eigenvalue weighted by Gasteiger charge is -2.34. The van der Waals surface area contributed by atoms with Crippen molar-refractivity contribution in [1.82, 2.24) is 0 Å². The third-order valence-electron chi connectivity index (χ3n) is 2.85. The molecule has 4 heteroatoms. The highest BCUT2D eigenvalue weighted by molar-refractivity contribution is 5.69. The van der Waals surface area contributed by atoms with Gasteiger partial charge in [-0.2, -0.15) is 0 Å². The monoisotopic (exact) mass is 237 g/mol. The van der Waals surface area contributed by atoms with Crippen LogP contribution in [0.3, 0.4) is 0 Å². The Morgan fingerprint density at radius 1 is 1.29 bits per heavy atom. The van der Waals surface area contributed by atoms with E-state index in [1.54, 1.807) is 24.3 Å². The fraction of sp³-hybridized carbons (Fsp3) is 0.462. The molecule has 1 atom stereocenters. The Kier molecular flexibility index (Phi) is 4.12. The minimum atomic E-state index is -1.02. The van der Waals surface area contributed by atoms with Crippen molar-refractivity contribution < 1.29 is 19.5 Å². The first-order chi connectivity index (χ1) is 7.80. The molecule has 0 aliphatic rings. The molecule has 0 heterocycles. The zero-order valence-electron chi connectivity index (χ0n) is 10.5. The number of hydrogen-bond donors (Lipinski definition) is 1. The van der Waals surface area contributed by atoms with Gasteiger partial charge in [0.05, 0.1) is 27.1 Å². The second kappa shape index (κ2) is 5.19. The summed E-state index contributed by atoms with van der Waals surface area (Å²) >= 11 is 0. The summed E-state index contributed by atoms with van der Waals surface area (Å²) in [6, 6.07) is 6.29. The molecule has 1 aromatic carbocycles. The van der Waals surface area contributed by atoms with Gasteiger partial charge in [0, 0.05) is 6.42 Å². The zero-order chi connectivity index (χ0) is 13.1. The van der Waals surface area contributed by atoms with Crippen LogP contribution < -0.4 is 5.11 Å². The lowest BCUT2D eigenvalue weighted by atomic mass is 10.0. The quantitative estimate of drug-likeness (QED) is 0.742. The van der Waals surface area contributed by atoms with Gasteiger partial charge in [0.2, 0.25) is 0 Å². The maximum atomic E-state index is 11.1. The minimum Gasteiger partial charge on any atom is -0.544 e. The molecule has 0 fully saturated rings. The number of nitrogens with zero attached hydrogens (tertiary/aromatic N) is 1. The highest BCUT2D eigenvalue weighted by Gasteiger charge is 2.24. The molecule has 0 aromatic heterocycles. The van der Waals surface area contributed by atoms with Crippen molar-refractivity contribution in [3.8, 4) is 5.75 Å². The van der Waals surface area contributed by atoms with Crippen LogP contribution in [0.5, 0.6) is 5.75 Å². The molecule has 0 aliphatic heterocycles. The Morgan fingerprint density at radius 2 is 1.82 bits per heavy atom. The van der Waals surface area contributed by atoms with Gasteiger partial charge in [-0.25, -0.2) is 0 Å². The van der Waals surface area contributed by atoms with Crippen LogP contribution in [-0.2, 0) is 11.2 Å². The van der Waals surface area contributed by atoms with Crippen LogP contribution in [0.25, 0.3) is 0 Å². The van der Waals surface area contributed by atoms with Crippen molar-refractivity contribution in [3.05, 3.63) is 29.8 Å². The first-order valence-electron chi connectivity index (χ1n) is 5.60. The van der Waals surface area contributed by atoms with Gasteiger partial charge in [-0.05, 0) is 24.1 Å². The first kappa shape index (κ1) is 13.5. The summed E-state index contributed by atoms with van der Waals surface area (Å²) in [4.78, 5) is 11.1. The van der Waals surface area contributed by atoms with Crippen molar-refractivity contribution >= 4 is 5.97 Å². The maximum Gasteiger partial charge on any atom is 0.129 e. The number of carboxylic acid groups (broad SMARTS) is 1. The van der Waals surface area contributed by atoms with Crippen LogP contribution in [0.4, 0.5) is 0 Å². The summed E-state index contributed by atoms with van der Waals surface area (Å²) in [5.41, 5.74) is 1.02. The molecule has 1 unspecified atom stereocenters. The van der Waals surface area contributed by atoms with E-state index in [9.17, 15) is 9.90 Å². The summed E-state index contributed by atoms with van der Waals surface area (Å²) in [6.07, 6.45) is 1.19. The Bertz CT molecular complexity index is 379. The van der Waals surface area contributed by atoms with E-state index in [1.807, 2.05) is 21.1 Å². The molecule has 17 heavy (non-hydrogen) atoms. The smallest absolute Gasteiger partial charge is 0.129 e. The molecule has 0 bridgehead atoms. The standard InChI is InChI=1S/C13H19NO3/c1-14(2,3)12(13(16)17)9-6-10-4-7-11(15)8-5-10/h4-5,7-8,12H,6,9H2,1-3H3,(H-,15,16,17). The van der Waals surface area contributed by atoms with E-state index in [2.05, 4.69) is 0 Å². The predicted molar refractivity (Wildman–Crippen MR) is 63.3 cm³/mol. The Hall–Kier alpha value is -1.55. The molecule has 1 N–H and O–H groups in total. The first-order valence-corrected chi connectivity index (χ1v) is 5.60. The summed E-state index contributed by atoms with van der Waals surface area (Å²) in [7, 11) is 5.53. The maximum absolute atomic E-state index is 11.1. The summed E-state index contributed by atoms with van der Waals surface area (Å²) < 4.78 is 0.348. The number of carbonyl (C=O) groups excluding carboxylic acids is 1. The highest BCUT2D eigenvalue weighted by Crippen LogP contribution is 2.14. The fourth-order valence-corrected chi connectivity index (χ4v) is 1.79. The van der Waals surface area contributed by atoms with Gasteiger partial charge in [-0.15, -0.1) is 0 Å². The van der Waals surface area contributed by atoms with Crippen LogP contribution >= 0.6 is 0 Å². The number of aryl methyl sites for hydroxylation is 1. The van der Waals surface area contributed by atoms with Gasteiger partial charge >= 0.3 is 0 Å². The molecule has 0 spiro atoms. The third-order valence-corrected chi connectivity index (χ3v) is 2.85.